The molecule has 1 aromatic rings. The first-order chi connectivity index (χ1) is 6.38. The molecule has 1 aliphatic carbocycles. The summed E-state index contributed by atoms with van der Waals surface area (Å²) in [5, 5.41) is 0. The molecule has 0 fully saturated rings. The van der Waals surface area contributed by atoms with Crippen molar-refractivity contribution < 1.29 is 0 Å². The van der Waals surface area contributed by atoms with Gasteiger partial charge in [0.15, 0.2) is 0 Å². The molecule has 0 saturated heterocycles. The standard InChI is InChI=1S/C11H12N2/c1-13-9-12-10-7-5-3-2-4-6-8-11(10)13/h3-5,7,9H,6,8H2,1H3. The molecule has 0 amide bonds. The number of imidazole rings is 1. The molecule has 0 aromatic carbocycles. The third-order valence-electron chi connectivity index (χ3n) is 2.18. The SMILES string of the molecule is Cn1cnc2c1CCC=C=CC=C2. The van der Waals surface area contributed by atoms with Crippen LogP contribution in [0.5, 0.6) is 0 Å². The summed E-state index contributed by atoms with van der Waals surface area (Å²) in [6.07, 6.45) is 11.9. The monoisotopic (exact) mass is 172 g/mol. The van der Waals surface area contributed by atoms with Gasteiger partial charge in [-0.1, -0.05) is 6.08 Å². The van der Waals surface area contributed by atoms with Crippen molar-refractivity contribution in [3.63, 3.8) is 0 Å². The van der Waals surface area contributed by atoms with Crippen molar-refractivity contribution in [3.05, 3.63) is 41.7 Å². The average molecular weight is 172 g/mol. The van der Waals surface area contributed by atoms with Gasteiger partial charge in [-0.25, -0.2) is 4.98 Å². The summed E-state index contributed by atoms with van der Waals surface area (Å²) in [5.41, 5.74) is 5.47. The highest BCUT2D eigenvalue weighted by atomic mass is 15.0. The minimum atomic E-state index is 1.03. The summed E-state index contributed by atoms with van der Waals surface area (Å²) < 4.78 is 2.08. The van der Waals surface area contributed by atoms with E-state index in [1.807, 2.05) is 31.6 Å². The number of hydrogen-bond donors (Lipinski definition) is 0. The van der Waals surface area contributed by atoms with Crippen LogP contribution < -0.4 is 0 Å². The van der Waals surface area contributed by atoms with Crippen LogP contribution in [0.2, 0.25) is 0 Å². The van der Waals surface area contributed by atoms with E-state index in [1.54, 1.807) is 0 Å². The van der Waals surface area contributed by atoms with Crippen molar-refractivity contribution in [1.82, 2.24) is 9.55 Å². The summed E-state index contributed by atoms with van der Waals surface area (Å²) in [5.74, 6) is 0. The predicted molar refractivity (Wildman–Crippen MR) is 53.2 cm³/mol. The largest absolute Gasteiger partial charge is 0.337 e. The highest BCUT2D eigenvalue weighted by Gasteiger charge is 2.04. The zero-order chi connectivity index (χ0) is 9.10. The fourth-order valence-electron chi connectivity index (χ4n) is 1.47. The lowest BCUT2D eigenvalue weighted by Crippen LogP contribution is -1.95. The van der Waals surface area contributed by atoms with Crippen molar-refractivity contribution in [2.24, 2.45) is 7.05 Å². The van der Waals surface area contributed by atoms with E-state index in [0.29, 0.717) is 0 Å². The molecule has 1 aromatic heterocycles. The van der Waals surface area contributed by atoms with Gasteiger partial charge in [0.1, 0.15) is 0 Å². The third kappa shape index (κ3) is 1.63. The number of allylic oxidation sites excluding steroid dienone is 2. The van der Waals surface area contributed by atoms with E-state index in [2.05, 4.69) is 21.4 Å². The van der Waals surface area contributed by atoms with Gasteiger partial charge in [-0.05, 0) is 31.1 Å². The molecule has 13 heavy (non-hydrogen) atoms. The summed E-state index contributed by atoms with van der Waals surface area (Å²) in [6, 6.07) is 0. The maximum absolute atomic E-state index is 4.31. The van der Waals surface area contributed by atoms with Gasteiger partial charge in [-0.2, -0.15) is 0 Å². The predicted octanol–water partition coefficient (Wildman–Crippen LogP) is 2.09. The fourth-order valence-corrected chi connectivity index (χ4v) is 1.47. The molecule has 2 nitrogen and oxygen atoms in total. The van der Waals surface area contributed by atoms with Crippen LogP contribution in [0.3, 0.4) is 0 Å². The lowest BCUT2D eigenvalue weighted by Gasteiger charge is -2.00. The van der Waals surface area contributed by atoms with Gasteiger partial charge in [0.05, 0.1) is 12.0 Å². The van der Waals surface area contributed by atoms with Gasteiger partial charge in [0.2, 0.25) is 0 Å². The Morgan fingerprint density at radius 1 is 1.54 bits per heavy atom. The summed E-state index contributed by atoms with van der Waals surface area (Å²) in [7, 11) is 2.04. The molecule has 1 heterocycles. The zero-order valence-corrected chi connectivity index (χ0v) is 7.70. The van der Waals surface area contributed by atoms with E-state index in [1.165, 1.54) is 5.69 Å². The van der Waals surface area contributed by atoms with Crippen LogP contribution in [0.25, 0.3) is 6.08 Å². The number of fused-ring (bicyclic) bond motifs is 1. The van der Waals surface area contributed by atoms with Crippen molar-refractivity contribution in [2.75, 3.05) is 0 Å². The quantitative estimate of drug-likeness (QED) is 0.548. The van der Waals surface area contributed by atoms with Crippen molar-refractivity contribution in [1.29, 1.82) is 0 Å². The molecule has 0 N–H and O–H groups in total. The van der Waals surface area contributed by atoms with Gasteiger partial charge >= 0.3 is 0 Å². The minimum Gasteiger partial charge on any atom is -0.337 e. The van der Waals surface area contributed by atoms with E-state index < -0.39 is 0 Å². The lowest BCUT2D eigenvalue weighted by molar-refractivity contribution is 0.807. The molecule has 0 bridgehead atoms. The highest BCUT2D eigenvalue weighted by Crippen LogP contribution is 2.11. The van der Waals surface area contributed by atoms with Gasteiger partial charge in [0.25, 0.3) is 0 Å². The van der Waals surface area contributed by atoms with Crippen molar-refractivity contribution in [3.8, 4) is 0 Å². The first-order valence-corrected chi connectivity index (χ1v) is 4.46. The molecule has 0 spiro atoms. The second-order valence-corrected chi connectivity index (χ2v) is 3.12. The summed E-state index contributed by atoms with van der Waals surface area (Å²) >= 11 is 0. The normalized spacial score (nSPS) is 14.8. The fraction of sp³-hybridized carbons (Fsp3) is 0.273. The Balaban J connectivity index is 2.43. The Bertz CT molecular complexity index is 390. The molecule has 0 unspecified atom stereocenters. The molecule has 0 saturated carbocycles. The van der Waals surface area contributed by atoms with Crippen LogP contribution in [0, 0.1) is 0 Å². The first kappa shape index (κ1) is 8.09. The molecule has 0 radical (unpaired) electrons. The smallest absolute Gasteiger partial charge is 0.0953 e. The van der Waals surface area contributed by atoms with E-state index in [0.717, 1.165) is 18.5 Å². The van der Waals surface area contributed by atoms with Gasteiger partial charge in [-0.15, -0.1) is 5.73 Å². The molecular formula is C11H12N2. The number of hydrogen-bond acceptors (Lipinski definition) is 1. The molecule has 1 aliphatic rings. The average Bonchev–Trinajstić information content (AvgIpc) is 2.51. The van der Waals surface area contributed by atoms with E-state index in [4.69, 9.17) is 0 Å². The Labute approximate surface area is 77.9 Å². The van der Waals surface area contributed by atoms with Gasteiger partial charge in [-0.3, -0.25) is 0 Å². The molecule has 2 rings (SSSR count). The van der Waals surface area contributed by atoms with Crippen LogP contribution in [-0.2, 0) is 13.5 Å². The number of rotatable bonds is 0. The van der Waals surface area contributed by atoms with Gasteiger partial charge in [0, 0.05) is 12.7 Å². The molecular weight excluding hydrogens is 160 g/mol. The summed E-state index contributed by atoms with van der Waals surface area (Å²) in [4.78, 5) is 4.31. The topological polar surface area (TPSA) is 17.8 Å². The molecule has 0 aliphatic heterocycles. The van der Waals surface area contributed by atoms with Crippen LogP contribution in [0.1, 0.15) is 17.8 Å². The number of aryl methyl sites for hydroxylation is 1. The third-order valence-corrected chi connectivity index (χ3v) is 2.18. The van der Waals surface area contributed by atoms with Crippen molar-refractivity contribution in [2.45, 2.75) is 12.8 Å². The molecule has 0 atom stereocenters. The first-order valence-electron chi connectivity index (χ1n) is 4.46. The van der Waals surface area contributed by atoms with E-state index in [-0.39, 0.29) is 0 Å². The molecule has 66 valence electrons. The maximum atomic E-state index is 4.31. The Morgan fingerprint density at radius 2 is 2.46 bits per heavy atom. The Hall–Kier alpha value is -1.53. The van der Waals surface area contributed by atoms with Gasteiger partial charge < -0.3 is 4.57 Å². The summed E-state index contributed by atoms with van der Waals surface area (Å²) in [6.45, 7) is 0. The second kappa shape index (κ2) is 3.46. The van der Waals surface area contributed by atoms with Crippen LogP contribution >= 0.6 is 0 Å². The van der Waals surface area contributed by atoms with E-state index >= 15 is 0 Å². The second-order valence-electron chi connectivity index (χ2n) is 3.12. The lowest BCUT2D eigenvalue weighted by atomic mass is 10.2. The van der Waals surface area contributed by atoms with Crippen LogP contribution in [0.15, 0.2) is 30.3 Å². The van der Waals surface area contributed by atoms with Crippen LogP contribution in [0.4, 0.5) is 0 Å². The zero-order valence-electron chi connectivity index (χ0n) is 7.70. The minimum absolute atomic E-state index is 1.03. The maximum Gasteiger partial charge on any atom is 0.0953 e. The Kier molecular flexibility index (Phi) is 2.15. The Morgan fingerprint density at radius 3 is 3.38 bits per heavy atom. The number of nitrogens with zero attached hydrogens (tertiary/aromatic N) is 2. The highest BCUT2D eigenvalue weighted by molar-refractivity contribution is 5.50. The number of aromatic nitrogens is 2. The van der Waals surface area contributed by atoms with Crippen LogP contribution in [-0.4, -0.2) is 9.55 Å². The molecule has 2 heteroatoms. The van der Waals surface area contributed by atoms with Crippen molar-refractivity contribution >= 4 is 6.08 Å². The van der Waals surface area contributed by atoms with E-state index in [9.17, 15) is 0 Å².